The summed E-state index contributed by atoms with van der Waals surface area (Å²) in [5.74, 6) is 0. The Balaban J connectivity index is 3.79. The highest BCUT2D eigenvalue weighted by molar-refractivity contribution is 6.60. The van der Waals surface area contributed by atoms with Gasteiger partial charge in [0, 0.05) is 33.9 Å². The molecule has 0 unspecified atom stereocenters. The summed E-state index contributed by atoms with van der Waals surface area (Å²) in [5, 5.41) is 2.65. The Hall–Kier alpha value is -0.633. The van der Waals surface area contributed by atoms with Gasteiger partial charge in [-0.05, 0) is 20.3 Å². The van der Waals surface area contributed by atoms with Crippen LogP contribution >= 0.6 is 0 Å². The smallest absolute Gasteiger partial charge is 0.447 e. The monoisotopic (exact) mass is 265 g/mol. The lowest BCUT2D eigenvalue weighted by Gasteiger charge is -2.24. The summed E-state index contributed by atoms with van der Waals surface area (Å²) >= 11 is 0. The Labute approximate surface area is 104 Å². The van der Waals surface area contributed by atoms with E-state index >= 15 is 0 Å². The summed E-state index contributed by atoms with van der Waals surface area (Å²) in [5.41, 5.74) is 0. The van der Waals surface area contributed by atoms with E-state index < -0.39 is 14.9 Å². The van der Waals surface area contributed by atoms with Crippen LogP contribution in [0.2, 0.25) is 6.04 Å². The van der Waals surface area contributed by atoms with Gasteiger partial charge in [0.1, 0.15) is 0 Å². The summed E-state index contributed by atoms with van der Waals surface area (Å²) in [7, 11) is 2.19. The molecule has 0 aliphatic heterocycles. The van der Waals surface area contributed by atoms with Gasteiger partial charge in [0.05, 0.1) is 6.10 Å². The molecule has 0 bridgehead atoms. The van der Waals surface area contributed by atoms with Crippen molar-refractivity contribution < 1.29 is 22.8 Å². The second-order valence-corrected chi connectivity index (χ2v) is 6.87. The van der Waals surface area contributed by atoms with Crippen molar-refractivity contribution in [1.82, 2.24) is 5.32 Å². The first-order chi connectivity index (χ1) is 7.99. The van der Waals surface area contributed by atoms with E-state index in [4.69, 9.17) is 18.0 Å². The van der Waals surface area contributed by atoms with Crippen LogP contribution in [0.3, 0.4) is 0 Å². The molecule has 0 saturated heterocycles. The van der Waals surface area contributed by atoms with E-state index in [-0.39, 0.29) is 6.10 Å². The number of alkyl carbamates (subject to hydrolysis) is 1. The molecule has 1 amide bonds. The first-order valence-electron chi connectivity index (χ1n) is 5.59. The molecule has 7 heteroatoms. The zero-order valence-corrected chi connectivity index (χ0v) is 12.2. The molecule has 102 valence electrons. The Morgan fingerprint density at radius 1 is 1.18 bits per heavy atom. The molecule has 0 atom stereocenters. The van der Waals surface area contributed by atoms with E-state index in [2.05, 4.69) is 5.32 Å². The van der Waals surface area contributed by atoms with Crippen LogP contribution in [-0.4, -0.2) is 48.9 Å². The molecule has 0 aliphatic carbocycles. The summed E-state index contributed by atoms with van der Waals surface area (Å²) in [6, 6.07) is 0.651. The minimum atomic E-state index is -2.51. The first-order valence-corrected chi connectivity index (χ1v) is 7.52. The van der Waals surface area contributed by atoms with Gasteiger partial charge in [0.2, 0.25) is 0 Å². The molecule has 0 rings (SSSR count). The number of carbonyl (C=O) groups excluding carboxylic acids is 1. The molecular weight excluding hydrogens is 242 g/mol. The predicted octanol–water partition coefficient (Wildman–Crippen LogP) is 1.39. The maximum Gasteiger partial charge on any atom is 0.500 e. The molecule has 0 aliphatic rings. The molecule has 0 spiro atoms. The van der Waals surface area contributed by atoms with Gasteiger partial charge in [0.25, 0.3) is 0 Å². The first kappa shape index (κ1) is 16.4. The zero-order valence-electron chi connectivity index (χ0n) is 11.2. The second kappa shape index (κ2) is 8.46. The zero-order chi connectivity index (χ0) is 13.3. The maximum atomic E-state index is 11.2. The van der Waals surface area contributed by atoms with Gasteiger partial charge >= 0.3 is 14.9 Å². The predicted molar refractivity (Wildman–Crippen MR) is 65.8 cm³/mol. The molecule has 0 fully saturated rings. The van der Waals surface area contributed by atoms with Crippen molar-refractivity contribution in [2.24, 2.45) is 0 Å². The molecule has 0 aromatic heterocycles. The van der Waals surface area contributed by atoms with Crippen molar-refractivity contribution in [3.05, 3.63) is 0 Å². The van der Waals surface area contributed by atoms with Crippen LogP contribution in [-0.2, 0) is 18.0 Å². The molecule has 0 saturated carbocycles. The highest BCUT2D eigenvalue weighted by atomic mass is 28.4. The summed E-state index contributed by atoms with van der Waals surface area (Å²) in [4.78, 5) is 11.2. The quantitative estimate of drug-likeness (QED) is 0.530. The number of ether oxygens (including phenoxy) is 1. The Bertz CT molecular complexity index is 212. The van der Waals surface area contributed by atoms with E-state index in [1.807, 2.05) is 0 Å². The van der Waals surface area contributed by atoms with Crippen molar-refractivity contribution in [3.63, 3.8) is 0 Å². The molecule has 6 nitrogen and oxygen atoms in total. The van der Waals surface area contributed by atoms with Crippen LogP contribution in [0.5, 0.6) is 0 Å². The third-order valence-corrected chi connectivity index (χ3v) is 5.04. The maximum absolute atomic E-state index is 11.2. The standard InChI is InChI=1S/C10H23NO5Si/c1-9(2)16-10(12)11-7-6-8-17(13-3,14-4)15-5/h9H,6-8H2,1-5H3,(H,11,12). The molecular formula is C10H23NO5Si. The van der Waals surface area contributed by atoms with Gasteiger partial charge in [-0.25, -0.2) is 4.79 Å². The minimum Gasteiger partial charge on any atom is -0.447 e. The van der Waals surface area contributed by atoms with E-state index in [0.29, 0.717) is 12.6 Å². The topological polar surface area (TPSA) is 66.0 Å². The van der Waals surface area contributed by atoms with E-state index in [0.717, 1.165) is 6.42 Å². The van der Waals surface area contributed by atoms with Gasteiger partial charge in [-0.2, -0.15) is 0 Å². The fourth-order valence-electron chi connectivity index (χ4n) is 1.31. The van der Waals surface area contributed by atoms with Gasteiger partial charge in [0.15, 0.2) is 0 Å². The van der Waals surface area contributed by atoms with Crippen molar-refractivity contribution in [2.75, 3.05) is 27.9 Å². The molecule has 0 heterocycles. The van der Waals surface area contributed by atoms with Crippen LogP contribution in [0.25, 0.3) is 0 Å². The number of hydrogen-bond donors (Lipinski definition) is 1. The summed E-state index contributed by atoms with van der Waals surface area (Å²) in [6.07, 6.45) is 0.203. The van der Waals surface area contributed by atoms with Gasteiger partial charge in [-0.1, -0.05) is 0 Å². The third-order valence-electron chi connectivity index (χ3n) is 2.20. The average molecular weight is 265 g/mol. The highest BCUT2D eigenvalue weighted by Crippen LogP contribution is 2.14. The Morgan fingerprint density at radius 3 is 2.12 bits per heavy atom. The molecule has 1 N–H and O–H groups in total. The van der Waals surface area contributed by atoms with E-state index in [1.165, 1.54) is 0 Å². The minimum absolute atomic E-state index is 0.111. The number of nitrogens with one attached hydrogen (secondary N) is 1. The molecule has 0 radical (unpaired) electrons. The van der Waals surface area contributed by atoms with Gasteiger partial charge < -0.3 is 23.3 Å². The molecule has 17 heavy (non-hydrogen) atoms. The van der Waals surface area contributed by atoms with Crippen molar-refractivity contribution >= 4 is 14.9 Å². The third kappa shape index (κ3) is 6.62. The fourth-order valence-corrected chi connectivity index (χ4v) is 3.03. The molecule has 0 aromatic carbocycles. The molecule has 0 aromatic rings. The van der Waals surface area contributed by atoms with Crippen LogP contribution in [0, 0.1) is 0 Å². The van der Waals surface area contributed by atoms with Crippen molar-refractivity contribution in [3.8, 4) is 0 Å². The SMILES string of the molecule is CO[Si](CCCNC(=O)OC(C)C)(OC)OC. The summed E-state index contributed by atoms with van der Waals surface area (Å²) in [6.45, 7) is 4.12. The number of amides is 1. The number of carbonyl (C=O) groups is 1. The van der Waals surface area contributed by atoms with Gasteiger partial charge in [-0.15, -0.1) is 0 Å². The number of rotatable bonds is 8. The summed E-state index contributed by atoms with van der Waals surface area (Å²) < 4.78 is 20.7. The largest absolute Gasteiger partial charge is 0.500 e. The van der Waals surface area contributed by atoms with Crippen LogP contribution in [0.15, 0.2) is 0 Å². The normalized spacial score (nSPS) is 11.6. The van der Waals surface area contributed by atoms with E-state index in [1.54, 1.807) is 35.2 Å². The second-order valence-electron chi connectivity index (χ2n) is 3.78. The lowest BCUT2D eigenvalue weighted by molar-refractivity contribution is 0.113. The highest BCUT2D eigenvalue weighted by Gasteiger charge is 2.36. The van der Waals surface area contributed by atoms with Crippen molar-refractivity contribution in [2.45, 2.75) is 32.4 Å². The van der Waals surface area contributed by atoms with Crippen molar-refractivity contribution in [1.29, 1.82) is 0 Å². The lowest BCUT2D eigenvalue weighted by Crippen LogP contribution is -2.43. The van der Waals surface area contributed by atoms with Gasteiger partial charge in [-0.3, -0.25) is 0 Å². The van der Waals surface area contributed by atoms with Crippen LogP contribution in [0.1, 0.15) is 20.3 Å². The van der Waals surface area contributed by atoms with Crippen LogP contribution < -0.4 is 5.32 Å². The lowest BCUT2D eigenvalue weighted by atomic mass is 10.5. The average Bonchev–Trinajstić information content (AvgIpc) is 2.29. The Kier molecular flexibility index (Phi) is 8.14. The Morgan fingerprint density at radius 2 is 1.71 bits per heavy atom. The fraction of sp³-hybridized carbons (Fsp3) is 0.900. The number of hydrogen-bond acceptors (Lipinski definition) is 5. The van der Waals surface area contributed by atoms with E-state index in [9.17, 15) is 4.79 Å². The van der Waals surface area contributed by atoms with Crippen LogP contribution in [0.4, 0.5) is 4.79 Å².